The molecule has 1 spiro atoms. The van der Waals surface area contributed by atoms with Gasteiger partial charge in [0.25, 0.3) is 5.91 Å². The zero-order chi connectivity index (χ0) is 29.1. The number of alkyl halides is 3. The number of rotatable bonds is 6. The van der Waals surface area contributed by atoms with Crippen molar-refractivity contribution in [1.82, 2.24) is 14.5 Å². The normalized spacial score (nSPS) is 23.2. The zero-order valence-electron chi connectivity index (χ0n) is 21.6. The van der Waals surface area contributed by atoms with E-state index in [1.807, 2.05) is 4.90 Å². The third kappa shape index (κ3) is 4.64. The molecule has 1 aliphatic carbocycles. The summed E-state index contributed by atoms with van der Waals surface area (Å²) in [5.41, 5.74) is -3.88. The Morgan fingerprint density at radius 2 is 1.73 bits per heavy atom. The summed E-state index contributed by atoms with van der Waals surface area (Å²) < 4.78 is 68.5. The minimum atomic E-state index is -4.88. The van der Waals surface area contributed by atoms with Gasteiger partial charge in [0.05, 0.1) is 10.9 Å². The summed E-state index contributed by atoms with van der Waals surface area (Å²) in [6.45, 7) is 0.896. The fourth-order valence-electron chi connectivity index (χ4n) is 5.57. The average molecular weight is 599 g/mol. The van der Waals surface area contributed by atoms with Crippen molar-refractivity contribution in [2.24, 2.45) is 0 Å². The minimum absolute atomic E-state index is 0.0220. The number of thiol groups is 1. The van der Waals surface area contributed by atoms with Gasteiger partial charge in [-0.05, 0) is 56.0 Å². The van der Waals surface area contributed by atoms with E-state index < -0.39 is 39.4 Å². The summed E-state index contributed by atoms with van der Waals surface area (Å²) in [5, 5.41) is 12.4. The van der Waals surface area contributed by atoms with Crippen molar-refractivity contribution >= 4 is 40.3 Å². The van der Waals surface area contributed by atoms with Crippen LogP contribution in [0, 0.1) is 0 Å². The van der Waals surface area contributed by atoms with Crippen LogP contribution in [0.4, 0.5) is 23.7 Å². The van der Waals surface area contributed by atoms with Crippen molar-refractivity contribution in [1.29, 1.82) is 0 Å². The Labute approximate surface area is 235 Å². The molecule has 2 aliphatic heterocycles. The molecule has 2 aromatic rings. The Morgan fingerprint density at radius 3 is 2.30 bits per heavy atom. The average Bonchev–Trinajstić information content (AvgIpc) is 3.12. The highest BCUT2D eigenvalue weighted by Crippen LogP contribution is 2.42. The minimum Gasteiger partial charge on any atom is -0.376 e. The molecule has 0 bridgehead atoms. The van der Waals surface area contributed by atoms with Gasteiger partial charge < -0.3 is 14.9 Å². The molecule has 9 nitrogen and oxygen atoms in total. The number of nitrogens with one attached hydrogen (secondary N) is 1. The first-order valence-electron chi connectivity index (χ1n) is 12.8. The molecule has 14 heteroatoms. The van der Waals surface area contributed by atoms with E-state index in [2.05, 4.69) is 17.9 Å². The summed E-state index contributed by atoms with van der Waals surface area (Å²) in [6.07, 6.45) is -3.13. The first-order chi connectivity index (χ1) is 18.7. The predicted octanol–water partition coefficient (Wildman–Crippen LogP) is 3.10. The van der Waals surface area contributed by atoms with Gasteiger partial charge in [-0.15, -0.1) is 12.6 Å². The lowest BCUT2D eigenvalue weighted by Gasteiger charge is -2.48. The number of sulfonamides is 1. The maximum atomic E-state index is 13.6. The Hall–Kier alpha value is -2.81. The predicted molar refractivity (Wildman–Crippen MR) is 142 cm³/mol. The van der Waals surface area contributed by atoms with Crippen LogP contribution in [0.15, 0.2) is 58.3 Å². The number of nitrogens with zero attached hydrogens (tertiary/aromatic N) is 3. The van der Waals surface area contributed by atoms with Crippen molar-refractivity contribution in [3.8, 4) is 0 Å². The van der Waals surface area contributed by atoms with Crippen LogP contribution < -0.4 is 10.2 Å². The molecule has 2 N–H and O–H groups in total. The number of carbonyl (C=O) groups is 2. The topological polar surface area (TPSA) is 110 Å². The summed E-state index contributed by atoms with van der Waals surface area (Å²) in [4.78, 5) is 29.0. The molecule has 3 amide bonds. The molecule has 5 rings (SSSR count). The Kier molecular flexibility index (Phi) is 7.12. The molecule has 2 heterocycles. The number of carbonyl (C=O) groups excluding carboxylic acids is 2. The molecule has 0 aromatic heterocycles. The molecule has 1 saturated carbocycles. The number of amides is 3. The van der Waals surface area contributed by atoms with Crippen LogP contribution in [-0.4, -0.2) is 78.6 Å². The Bertz CT molecular complexity index is 1430. The molecule has 3 fully saturated rings. The molecule has 40 heavy (non-hydrogen) atoms. The highest BCUT2D eigenvalue weighted by atomic mass is 32.2. The maximum absolute atomic E-state index is 13.6. The van der Waals surface area contributed by atoms with Gasteiger partial charge in [-0.25, -0.2) is 13.2 Å². The van der Waals surface area contributed by atoms with Gasteiger partial charge in [0, 0.05) is 36.8 Å². The number of piperazine rings is 1. The van der Waals surface area contributed by atoms with Crippen LogP contribution in [0.2, 0.25) is 0 Å². The second-order valence-electron chi connectivity index (χ2n) is 10.5. The lowest BCUT2D eigenvalue weighted by molar-refractivity contribution is -0.258. The van der Waals surface area contributed by atoms with Crippen molar-refractivity contribution in [2.75, 3.05) is 31.1 Å². The van der Waals surface area contributed by atoms with Crippen molar-refractivity contribution < 1.29 is 36.3 Å². The van der Waals surface area contributed by atoms with E-state index in [1.54, 1.807) is 18.2 Å². The number of hydrogen-bond acceptors (Lipinski definition) is 7. The van der Waals surface area contributed by atoms with Crippen LogP contribution in [0.3, 0.4) is 0 Å². The zero-order valence-corrected chi connectivity index (χ0v) is 23.3. The largest absolute Gasteiger partial charge is 0.421 e. The maximum Gasteiger partial charge on any atom is 0.421 e. The summed E-state index contributed by atoms with van der Waals surface area (Å²) in [6, 6.07) is 10.3. The third-order valence-electron chi connectivity index (χ3n) is 8.22. The monoisotopic (exact) mass is 598 g/mol. The molecule has 0 radical (unpaired) electrons. The molecule has 2 atom stereocenters. The van der Waals surface area contributed by atoms with Crippen LogP contribution in [0.1, 0.15) is 31.7 Å². The quantitative estimate of drug-likeness (QED) is 0.348. The Balaban J connectivity index is 1.47. The smallest absolute Gasteiger partial charge is 0.376 e. The molecule has 1 unspecified atom stereocenters. The molecule has 2 saturated heterocycles. The van der Waals surface area contributed by atoms with Crippen molar-refractivity contribution in [2.45, 2.75) is 59.3 Å². The number of urea groups is 1. The second-order valence-corrected chi connectivity index (χ2v) is 12.9. The number of hydrogen-bond donors (Lipinski definition) is 3. The molecular weight excluding hydrogens is 569 g/mol. The van der Waals surface area contributed by atoms with E-state index in [4.69, 9.17) is 0 Å². The van der Waals surface area contributed by atoms with Crippen LogP contribution in [-0.2, 0) is 20.4 Å². The first-order valence-corrected chi connectivity index (χ1v) is 14.6. The Morgan fingerprint density at radius 1 is 1.07 bits per heavy atom. The van der Waals surface area contributed by atoms with E-state index in [0.717, 1.165) is 6.42 Å². The van der Waals surface area contributed by atoms with E-state index in [-0.39, 0.29) is 47.4 Å². The third-order valence-corrected chi connectivity index (χ3v) is 10.7. The van der Waals surface area contributed by atoms with Crippen molar-refractivity contribution in [3.63, 3.8) is 0 Å². The number of benzene rings is 2. The lowest BCUT2D eigenvalue weighted by Crippen LogP contribution is -2.63. The highest BCUT2D eigenvalue weighted by molar-refractivity contribution is 7.90. The molecular formula is C26H29F3N4O5S2. The summed E-state index contributed by atoms with van der Waals surface area (Å²) in [7, 11) is -3.97. The van der Waals surface area contributed by atoms with Gasteiger partial charge in [-0.2, -0.15) is 17.5 Å². The second kappa shape index (κ2) is 9.93. The van der Waals surface area contributed by atoms with Gasteiger partial charge in [-0.1, -0.05) is 24.3 Å². The molecule has 3 aliphatic rings. The standard InChI is InChI=1S/C26H29F3N4O5S2/c1-24(36,26(27,28)29)17-7-9-18(10-8-17)32-14-13-31(40(37,38)21-6-3-2-5-20(21)39)15-19(32)16-33-23(35)30-22(34)25(33)11-4-12-25/h2-3,5-10,19,36,39H,4,11-16H2,1H3,(H,30,34,35)/t19-,24?/m1/s1. The molecule has 216 valence electrons. The number of imide groups is 1. The number of halogens is 3. The summed E-state index contributed by atoms with van der Waals surface area (Å²) >= 11 is 4.30. The molecule has 2 aromatic carbocycles. The number of aliphatic hydroxyl groups is 1. The van der Waals surface area contributed by atoms with Crippen molar-refractivity contribution in [3.05, 3.63) is 54.1 Å². The van der Waals surface area contributed by atoms with Gasteiger partial charge in [0.15, 0.2) is 5.60 Å². The van der Waals surface area contributed by atoms with Gasteiger partial charge in [0.2, 0.25) is 10.0 Å². The van der Waals surface area contributed by atoms with Gasteiger partial charge >= 0.3 is 12.2 Å². The van der Waals surface area contributed by atoms with E-state index >= 15 is 0 Å². The van der Waals surface area contributed by atoms with Crippen LogP contribution >= 0.6 is 12.6 Å². The fraction of sp³-hybridized carbons (Fsp3) is 0.462. The van der Waals surface area contributed by atoms with Crippen LogP contribution in [0.5, 0.6) is 0 Å². The summed E-state index contributed by atoms with van der Waals surface area (Å²) in [5.74, 6) is -0.377. The SMILES string of the molecule is CC(O)(c1ccc(N2CCN(S(=O)(=O)c3ccccc3S)C[C@@H]2CN2C(=O)NC(=O)C23CCC3)cc1)C(F)(F)F. The highest BCUT2D eigenvalue weighted by Gasteiger charge is 2.57. The van der Waals surface area contributed by atoms with Crippen LogP contribution in [0.25, 0.3) is 0 Å². The fourth-order valence-corrected chi connectivity index (χ4v) is 7.63. The van der Waals surface area contributed by atoms with E-state index in [0.29, 0.717) is 25.5 Å². The first kappa shape index (κ1) is 28.7. The van der Waals surface area contributed by atoms with Gasteiger partial charge in [-0.3, -0.25) is 10.1 Å². The lowest BCUT2D eigenvalue weighted by atomic mass is 9.75. The van der Waals surface area contributed by atoms with E-state index in [1.165, 1.54) is 39.5 Å². The number of anilines is 1. The van der Waals surface area contributed by atoms with E-state index in [9.17, 15) is 36.3 Å². The van der Waals surface area contributed by atoms with Gasteiger partial charge in [0.1, 0.15) is 5.54 Å².